The highest BCUT2D eigenvalue weighted by Gasteiger charge is 2.07. The third-order valence-corrected chi connectivity index (χ3v) is 3.14. The lowest BCUT2D eigenvalue weighted by molar-refractivity contribution is 1.05. The van der Waals surface area contributed by atoms with Crippen LogP contribution in [0.4, 0.5) is 11.4 Å². The number of hydrogen-bond donors (Lipinski definition) is 2. The van der Waals surface area contributed by atoms with E-state index in [1.54, 1.807) is 0 Å². The van der Waals surface area contributed by atoms with E-state index in [2.05, 4.69) is 10.2 Å². The van der Waals surface area contributed by atoms with Gasteiger partial charge in [0.2, 0.25) is 0 Å². The van der Waals surface area contributed by atoms with Gasteiger partial charge in [0.05, 0.1) is 11.4 Å². The van der Waals surface area contributed by atoms with E-state index in [0.717, 1.165) is 22.5 Å². The summed E-state index contributed by atoms with van der Waals surface area (Å²) >= 11 is 0. The standard InChI is InChI=1S/C16H14N4/c17-13-7-3-1-5-11(13)15-9-10-16(20-19-15)12-6-2-4-8-14(12)18/h1-10H,17-18H2. The van der Waals surface area contributed by atoms with E-state index in [1.807, 2.05) is 60.7 Å². The summed E-state index contributed by atoms with van der Waals surface area (Å²) in [6.45, 7) is 0. The Kier molecular flexibility index (Phi) is 3.05. The van der Waals surface area contributed by atoms with Crippen molar-refractivity contribution in [2.45, 2.75) is 0 Å². The Labute approximate surface area is 117 Å². The van der Waals surface area contributed by atoms with Gasteiger partial charge in [-0.25, -0.2) is 0 Å². The quantitative estimate of drug-likeness (QED) is 0.696. The Bertz CT molecular complexity index is 671. The van der Waals surface area contributed by atoms with Crippen LogP contribution in [0.15, 0.2) is 60.7 Å². The SMILES string of the molecule is Nc1ccccc1-c1ccc(-c2ccccc2N)nn1. The van der Waals surface area contributed by atoms with E-state index in [4.69, 9.17) is 11.5 Å². The van der Waals surface area contributed by atoms with Gasteiger partial charge in [-0.2, -0.15) is 0 Å². The van der Waals surface area contributed by atoms with Crippen LogP contribution in [0.3, 0.4) is 0 Å². The van der Waals surface area contributed by atoms with Crippen molar-refractivity contribution in [1.82, 2.24) is 10.2 Å². The average Bonchev–Trinajstić information content (AvgIpc) is 2.49. The number of anilines is 2. The van der Waals surface area contributed by atoms with Crippen molar-refractivity contribution in [2.24, 2.45) is 0 Å². The Balaban J connectivity index is 2.01. The molecule has 0 atom stereocenters. The van der Waals surface area contributed by atoms with Gasteiger partial charge >= 0.3 is 0 Å². The molecule has 0 aliphatic rings. The summed E-state index contributed by atoms with van der Waals surface area (Å²) in [5.41, 5.74) is 16.5. The number of aromatic nitrogens is 2. The molecule has 0 radical (unpaired) electrons. The van der Waals surface area contributed by atoms with E-state index in [1.165, 1.54) is 0 Å². The molecule has 4 N–H and O–H groups in total. The largest absolute Gasteiger partial charge is 0.398 e. The molecule has 20 heavy (non-hydrogen) atoms. The smallest absolute Gasteiger partial charge is 0.0950 e. The van der Waals surface area contributed by atoms with E-state index >= 15 is 0 Å². The molecular formula is C16H14N4. The van der Waals surface area contributed by atoms with Crippen molar-refractivity contribution in [1.29, 1.82) is 0 Å². The minimum Gasteiger partial charge on any atom is -0.398 e. The second kappa shape index (κ2) is 5.01. The molecule has 0 amide bonds. The van der Waals surface area contributed by atoms with Gasteiger partial charge in [-0.15, -0.1) is 10.2 Å². The van der Waals surface area contributed by atoms with E-state index in [0.29, 0.717) is 11.4 Å². The van der Waals surface area contributed by atoms with Crippen molar-refractivity contribution in [2.75, 3.05) is 11.5 Å². The number of hydrogen-bond acceptors (Lipinski definition) is 4. The fourth-order valence-corrected chi connectivity index (χ4v) is 2.08. The second-order valence-corrected chi connectivity index (χ2v) is 4.48. The second-order valence-electron chi connectivity index (χ2n) is 4.48. The Morgan fingerprint density at radius 2 is 0.950 bits per heavy atom. The predicted molar refractivity (Wildman–Crippen MR) is 81.7 cm³/mol. The monoisotopic (exact) mass is 262 g/mol. The third kappa shape index (κ3) is 2.19. The molecule has 98 valence electrons. The van der Waals surface area contributed by atoms with Crippen LogP contribution in [0, 0.1) is 0 Å². The predicted octanol–water partition coefficient (Wildman–Crippen LogP) is 2.98. The molecule has 1 heterocycles. The lowest BCUT2D eigenvalue weighted by atomic mass is 10.1. The van der Waals surface area contributed by atoms with Crippen LogP contribution in [0.25, 0.3) is 22.5 Å². The first-order valence-electron chi connectivity index (χ1n) is 6.29. The fraction of sp³-hybridized carbons (Fsp3) is 0. The summed E-state index contributed by atoms with van der Waals surface area (Å²) in [7, 11) is 0. The average molecular weight is 262 g/mol. The van der Waals surface area contributed by atoms with Crippen LogP contribution < -0.4 is 11.5 Å². The Hall–Kier alpha value is -2.88. The molecule has 0 spiro atoms. The van der Waals surface area contributed by atoms with Gasteiger partial charge in [0.15, 0.2) is 0 Å². The molecule has 0 unspecified atom stereocenters. The molecule has 0 fully saturated rings. The summed E-state index contributed by atoms with van der Waals surface area (Å²) in [5, 5.41) is 8.48. The minimum absolute atomic E-state index is 0.689. The topological polar surface area (TPSA) is 77.8 Å². The molecule has 4 heteroatoms. The van der Waals surface area contributed by atoms with Gasteiger partial charge < -0.3 is 11.5 Å². The Morgan fingerprint density at radius 3 is 1.30 bits per heavy atom. The number of benzene rings is 2. The number of rotatable bonds is 2. The van der Waals surface area contributed by atoms with E-state index in [-0.39, 0.29) is 0 Å². The highest BCUT2D eigenvalue weighted by Crippen LogP contribution is 2.26. The van der Waals surface area contributed by atoms with Crippen molar-refractivity contribution in [3.05, 3.63) is 60.7 Å². The van der Waals surface area contributed by atoms with Gasteiger partial charge in [-0.3, -0.25) is 0 Å². The van der Waals surface area contributed by atoms with E-state index < -0.39 is 0 Å². The van der Waals surface area contributed by atoms with Gasteiger partial charge in [-0.05, 0) is 24.3 Å². The molecule has 0 saturated carbocycles. The third-order valence-electron chi connectivity index (χ3n) is 3.14. The van der Waals surface area contributed by atoms with Crippen LogP contribution >= 0.6 is 0 Å². The summed E-state index contributed by atoms with van der Waals surface area (Å²) in [6.07, 6.45) is 0. The summed E-state index contributed by atoms with van der Waals surface area (Å²) in [5.74, 6) is 0. The Morgan fingerprint density at radius 1 is 0.550 bits per heavy atom. The molecule has 3 aromatic rings. The van der Waals surface area contributed by atoms with Gasteiger partial charge in [0, 0.05) is 22.5 Å². The first-order chi connectivity index (χ1) is 9.75. The molecule has 4 nitrogen and oxygen atoms in total. The molecule has 3 rings (SSSR count). The summed E-state index contributed by atoms with van der Waals surface area (Å²) in [6, 6.07) is 19.0. The van der Waals surface area contributed by atoms with Gasteiger partial charge in [0.1, 0.15) is 0 Å². The zero-order chi connectivity index (χ0) is 13.9. The fourth-order valence-electron chi connectivity index (χ4n) is 2.08. The van der Waals surface area contributed by atoms with Gasteiger partial charge in [0.25, 0.3) is 0 Å². The lowest BCUT2D eigenvalue weighted by Crippen LogP contribution is -1.96. The summed E-state index contributed by atoms with van der Waals surface area (Å²) in [4.78, 5) is 0. The molecule has 1 aromatic heterocycles. The van der Waals surface area contributed by atoms with Crippen molar-refractivity contribution in [3.63, 3.8) is 0 Å². The first-order valence-corrected chi connectivity index (χ1v) is 6.29. The molecular weight excluding hydrogens is 248 g/mol. The van der Waals surface area contributed by atoms with Crippen molar-refractivity contribution < 1.29 is 0 Å². The van der Waals surface area contributed by atoms with Crippen molar-refractivity contribution in [3.8, 4) is 22.5 Å². The van der Waals surface area contributed by atoms with Crippen LogP contribution in [0.5, 0.6) is 0 Å². The molecule has 0 aliphatic carbocycles. The van der Waals surface area contributed by atoms with Crippen LogP contribution in [0.2, 0.25) is 0 Å². The maximum Gasteiger partial charge on any atom is 0.0950 e. The van der Waals surface area contributed by atoms with Crippen LogP contribution in [-0.4, -0.2) is 10.2 Å². The molecule has 0 saturated heterocycles. The highest BCUT2D eigenvalue weighted by molar-refractivity contribution is 5.76. The van der Waals surface area contributed by atoms with Crippen LogP contribution in [-0.2, 0) is 0 Å². The molecule has 2 aromatic carbocycles. The number of nitrogen functional groups attached to an aromatic ring is 2. The normalized spacial score (nSPS) is 10.4. The molecule has 0 aliphatic heterocycles. The highest BCUT2D eigenvalue weighted by atomic mass is 15.1. The number of para-hydroxylation sites is 2. The molecule has 0 bridgehead atoms. The maximum absolute atomic E-state index is 5.94. The minimum atomic E-state index is 0.689. The lowest BCUT2D eigenvalue weighted by Gasteiger charge is -2.06. The van der Waals surface area contributed by atoms with E-state index in [9.17, 15) is 0 Å². The van der Waals surface area contributed by atoms with Crippen LogP contribution in [0.1, 0.15) is 0 Å². The summed E-state index contributed by atoms with van der Waals surface area (Å²) < 4.78 is 0. The van der Waals surface area contributed by atoms with Crippen molar-refractivity contribution >= 4 is 11.4 Å². The zero-order valence-corrected chi connectivity index (χ0v) is 10.8. The number of nitrogens with zero attached hydrogens (tertiary/aromatic N) is 2. The maximum atomic E-state index is 5.94. The first kappa shape index (κ1) is 12.2. The number of nitrogens with two attached hydrogens (primary N) is 2. The zero-order valence-electron chi connectivity index (χ0n) is 10.8. The van der Waals surface area contributed by atoms with Gasteiger partial charge in [-0.1, -0.05) is 36.4 Å².